The zero-order valence-corrected chi connectivity index (χ0v) is 72.0. The minimum absolute atomic E-state index is 0.0147. The average molecular weight is 1510 g/mol. The van der Waals surface area contributed by atoms with E-state index in [-0.39, 0.29) is 50.0 Å². The van der Waals surface area contributed by atoms with Crippen molar-refractivity contribution < 1.29 is 0 Å². The Labute approximate surface area is 680 Å². The van der Waals surface area contributed by atoms with Crippen molar-refractivity contribution in [1.82, 2.24) is 18.3 Å². The minimum atomic E-state index is -0.0445. The van der Waals surface area contributed by atoms with Crippen LogP contribution in [0.1, 0.15) is 211 Å². The fourth-order valence-corrected chi connectivity index (χ4v) is 18.3. The molecule has 4 aromatic heterocycles. The summed E-state index contributed by atoms with van der Waals surface area (Å²) in [4.78, 5) is 7.66. The van der Waals surface area contributed by atoms with Crippen LogP contribution in [0.4, 0.5) is 11.4 Å². The van der Waals surface area contributed by atoms with E-state index in [4.69, 9.17) is 24.7 Å². The van der Waals surface area contributed by atoms with Crippen molar-refractivity contribution in [2.24, 2.45) is 0 Å². The summed E-state index contributed by atoms with van der Waals surface area (Å²) in [6.07, 6.45) is 0. The molecule has 6 nitrogen and oxygen atoms in total. The summed E-state index contributed by atoms with van der Waals surface area (Å²) in [5, 5.41) is 10.8. The fourth-order valence-electron chi connectivity index (χ4n) is 18.1. The number of nitrogens with zero attached hydrogens (tertiary/aromatic N) is 6. The van der Waals surface area contributed by atoms with E-state index in [0.29, 0.717) is 16.4 Å². The van der Waals surface area contributed by atoms with E-state index in [1.54, 1.807) is 0 Å². The summed E-state index contributed by atoms with van der Waals surface area (Å²) in [7, 11) is 0. The molecule has 2 aliphatic rings. The Balaban J connectivity index is 0.000000165. The second-order valence-corrected chi connectivity index (χ2v) is 41.5. The molecule has 0 radical (unpaired) electrons. The summed E-state index contributed by atoms with van der Waals surface area (Å²) < 4.78 is 9.91. The minimum Gasteiger partial charge on any atom is -0.310 e. The van der Waals surface area contributed by atoms with Gasteiger partial charge in [-0.15, -0.1) is 0 Å². The summed E-state index contributed by atoms with van der Waals surface area (Å²) in [6.45, 7) is 71.1. The zero-order valence-electron chi connectivity index (χ0n) is 71.3. The average Bonchev–Trinajstić information content (AvgIpc) is 1.49. The van der Waals surface area contributed by atoms with Gasteiger partial charge in [-0.25, -0.2) is 9.69 Å². The lowest BCUT2D eigenvalue weighted by atomic mass is 9.34. The molecule has 0 aliphatic carbocycles. The molecule has 570 valence electrons. The molecule has 16 aromatic rings. The van der Waals surface area contributed by atoms with Crippen LogP contribution in [0.2, 0.25) is 5.02 Å². The van der Waals surface area contributed by atoms with E-state index in [1.807, 2.05) is 30.3 Å². The lowest BCUT2D eigenvalue weighted by molar-refractivity contribution is 0.590. The van der Waals surface area contributed by atoms with E-state index in [2.05, 4.69) is 370 Å². The molecule has 0 saturated heterocycles. The summed E-state index contributed by atoms with van der Waals surface area (Å²) in [5.74, 6) is 0. The predicted octanol–water partition coefficient (Wildman–Crippen LogP) is 28.4. The lowest BCUT2D eigenvalue weighted by Crippen LogP contribution is -2.59. The second-order valence-electron chi connectivity index (χ2n) is 41.2. The monoisotopic (exact) mass is 1510 g/mol. The lowest BCUT2D eigenvalue weighted by Gasteiger charge is -2.36. The van der Waals surface area contributed by atoms with Gasteiger partial charge in [0, 0.05) is 65.5 Å². The van der Waals surface area contributed by atoms with Crippen molar-refractivity contribution in [3.8, 4) is 45.0 Å². The molecule has 6 heterocycles. The van der Waals surface area contributed by atoms with Gasteiger partial charge in [-0.05, 0) is 248 Å². The van der Waals surface area contributed by atoms with Gasteiger partial charge in [-0.3, -0.25) is 0 Å². The molecule has 0 saturated carbocycles. The van der Waals surface area contributed by atoms with Crippen molar-refractivity contribution in [2.45, 2.75) is 209 Å². The molecule has 0 unspecified atom stereocenters. The van der Waals surface area contributed by atoms with E-state index >= 15 is 0 Å². The Morgan fingerprint density at radius 1 is 0.254 bits per heavy atom. The van der Waals surface area contributed by atoms with Gasteiger partial charge < -0.3 is 18.3 Å². The maximum Gasteiger partial charge on any atom is 0.252 e. The molecule has 0 bridgehead atoms. The molecular weight excluding hydrogens is 1400 g/mol. The summed E-state index contributed by atoms with van der Waals surface area (Å²) >= 11 is 7.94. The van der Waals surface area contributed by atoms with Crippen molar-refractivity contribution in [3.63, 3.8) is 0 Å². The Kier molecular flexibility index (Phi) is 17.0. The van der Waals surface area contributed by atoms with Gasteiger partial charge in [0.05, 0.1) is 62.6 Å². The number of hydrogen-bond acceptors (Lipinski definition) is 0. The van der Waals surface area contributed by atoms with Crippen molar-refractivity contribution in [1.29, 1.82) is 0 Å². The van der Waals surface area contributed by atoms with E-state index in [9.17, 15) is 0 Å². The Hall–Kier alpha value is -10.8. The van der Waals surface area contributed by atoms with Crippen LogP contribution in [0.25, 0.3) is 142 Å². The number of hydrogen-bond donors (Lipinski definition) is 0. The highest BCUT2D eigenvalue weighted by molar-refractivity contribution is 7.00. The molecule has 0 fully saturated rings. The molecule has 8 heteroatoms. The first kappa shape index (κ1) is 75.8. The largest absolute Gasteiger partial charge is 0.310 e. The van der Waals surface area contributed by atoms with Crippen molar-refractivity contribution >= 4 is 133 Å². The summed E-state index contributed by atoms with van der Waals surface area (Å²) in [5.41, 5.74) is 33.8. The van der Waals surface area contributed by atoms with Crippen LogP contribution in [0.5, 0.6) is 0 Å². The number of fused-ring (bicyclic) bond motifs is 16. The molecule has 12 aromatic carbocycles. The highest BCUT2D eigenvalue weighted by atomic mass is 35.5. The van der Waals surface area contributed by atoms with E-state index < -0.39 is 0 Å². The third-order valence-corrected chi connectivity index (χ3v) is 25.3. The quantitative estimate of drug-likeness (QED) is 0.124. The van der Waals surface area contributed by atoms with Crippen LogP contribution in [-0.2, 0) is 43.3 Å². The fraction of sp³-hybridized carbons (Fsp3) is 0.302. The number of aromatic nitrogens is 4. The SMILES string of the molecule is [C-]#[N+]c1cccc(-c2cc(-n3c4ccc(C(C)(C)C)cc4c4cc(C(C)(C)C)ccc43)c(Cl)c(-n3c4ccc(C(C)(C)C)cc4c4cc(C(C)(C)C)ccc43)c2)c1.[C-]#[N+]c1cccc(-c2cc3c4c(c2)-n2c5ccc(C(C)(C)C)cc5c5cc(C(C)(C)C)cc(c52)B4c2cc(C(C)(C)C)cc4c5cc(C(C)(C)C)ccc5n-3c24)c1. The van der Waals surface area contributed by atoms with Crippen LogP contribution in [0.15, 0.2) is 206 Å². The maximum absolute atomic E-state index is 7.94. The maximum atomic E-state index is 7.94. The van der Waals surface area contributed by atoms with Gasteiger partial charge >= 0.3 is 0 Å². The van der Waals surface area contributed by atoms with Gasteiger partial charge in [-0.2, -0.15) is 0 Å². The Morgan fingerprint density at radius 3 is 0.763 bits per heavy atom. The highest BCUT2D eigenvalue weighted by Crippen LogP contribution is 2.49. The van der Waals surface area contributed by atoms with Gasteiger partial charge in [0.2, 0.25) is 0 Å². The van der Waals surface area contributed by atoms with Gasteiger partial charge in [0.1, 0.15) is 0 Å². The molecule has 18 rings (SSSR count). The Bertz CT molecular complexity index is 6350. The number of halogens is 1. The zero-order chi connectivity index (χ0) is 81.3. The normalized spacial score (nSPS) is 13.4. The Morgan fingerprint density at radius 2 is 0.500 bits per heavy atom. The van der Waals surface area contributed by atoms with Gasteiger partial charge in [0.15, 0.2) is 11.4 Å². The molecule has 114 heavy (non-hydrogen) atoms. The number of benzene rings is 12. The first-order chi connectivity index (χ1) is 53.4. The molecule has 0 atom stereocenters. The third-order valence-electron chi connectivity index (χ3n) is 24.9. The van der Waals surface area contributed by atoms with Gasteiger partial charge in [-0.1, -0.05) is 263 Å². The van der Waals surface area contributed by atoms with Gasteiger partial charge in [0.25, 0.3) is 6.71 Å². The van der Waals surface area contributed by atoms with Crippen molar-refractivity contribution in [3.05, 3.63) is 279 Å². The topological polar surface area (TPSA) is 28.4 Å². The van der Waals surface area contributed by atoms with Crippen LogP contribution in [0.3, 0.4) is 0 Å². The molecular formula is C106H106BClN6. The third kappa shape index (κ3) is 12.3. The summed E-state index contributed by atoms with van der Waals surface area (Å²) in [6, 6.07) is 77.5. The standard InChI is InChI=1S/C53H52BN3.C53H54ClN3/c1-50(2,3)32-17-19-43-37(24-32)39-26-34(52(7,8)9)28-41-48(39)56(43)45-22-31(30-15-14-16-36(21-30)55-13)23-46-47(45)54(41)42-29-35(53(10,11)12)27-40-38-25-33(51(4,5)6)18-20-44(38)57(46)49(40)42;1-50(2,3)34-17-21-43-39(28-34)40-29-35(51(4,5)6)18-22-44(40)56(43)47-26-33(32-15-14-16-38(25-32)55-13)27-48(49(47)54)57-45-23-19-36(52(7,8)9)30-41(45)42-31-37(53(10,11)12)20-24-46(42)57/h14-29H,1-12H3;14-31H,1-12H3. The number of rotatable bonds is 4. The van der Waals surface area contributed by atoms with Crippen LogP contribution < -0.4 is 16.4 Å². The van der Waals surface area contributed by atoms with Crippen LogP contribution in [-0.4, -0.2) is 25.0 Å². The second kappa shape index (κ2) is 25.6. The molecule has 0 amide bonds. The van der Waals surface area contributed by atoms with E-state index in [0.717, 1.165) is 55.7 Å². The first-order valence-corrected chi connectivity index (χ1v) is 41.2. The molecule has 2 aliphatic heterocycles. The highest BCUT2D eigenvalue weighted by Gasteiger charge is 2.43. The van der Waals surface area contributed by atoms with Crippen LogP contribution >= 0.6 is 11.6 Å². The van der Waals surface area contributed by atoms with E-state index in [1.165, 1.54) is 137 Å². The smallest absolute Gasteiger partial charge is 0.252 e. The predicted molar refractivity (Wildman–Crippen MR) is 493 cm³/mol. The molecule has 0 N–H and O–H groups in total. The van der Waals surface area contributed by atoms with Crippen molar-refractivity contribution in [2.75, 3.05) is 0 Å². The van der Waals surface area contributed by atoms with Crippen LogP contribution in [0, 0.1) is 13.1 Å². The molecule has 0 spiro atoms. The first-order valence-electron chi connectivity index (χ1n) is 40.8.